The summed E-state index contributed by atoms with van der Waals surface area (Å²) in [7, 11) is 0. The minimum atomic E-state index is -0.255. The van der Waals surface area contributed by atoms with Crippen molar-refractivity contribution in [1.82, 2.24) is 4.98 Å². The zero-order valence-corrected chi connectivity index (χ0v) is 20.1. The number of hydrogen-bond acceptors (Lipinski definition) is 3. The van der Waals surface area contributed by atoms with Gasteiger partial charge in [-0.25, -0.2) is 0 Å². The Labute approximate surface area is 193 Å². The van der Waals surface area contributed by atoms with Gasteiger partial charge < -0.3 is 9.47 Å². The van der Waals surface area contributed by atoms with Crippen molar-refractivity contribution in [2.24, 2.45) is 5.41 Å². The molecule has 0 aliphatic carbocycles. The van der Waals surface area contributed by atoms with Crippen molar-refractivity contribution >= 4 is 17.7 Å². The molecule has 0 aliphatic rings. The summed E-state index contributed by atoms with van der Waals surface area (Å²) in [6.07, 6.45) is 13.3. The van der Waals surface area contributed by atoms with Gasteiger partial charge >= 0.3 is 0 Å². The molecule has 0 spiro atoms. The maximum atomic E-state index is 6.39. The van der Waals surface area contributed by atoms with Crippen molar-refractivity contribution in [1.29, 1.82) is 0 Å². The number of ether oxygens (including phenoxy) is 2. The van der Waals surface area contributed by atoms with Crippen LogP contribution in [-0.2, 0) is 11.2 Å². The maximum Gasteiger partial charge on any atom is 0.134 e. The van der Waals surface area contributed by atoms with Gasteiger partial charge in [0.1, 0.15) is 17.6 Å². The molecule has 0 amide bonds. The van der Waals surface area contributed by atoms with Crippen LogP contribution in [0.2, 0.25) is 0 Å². The molecule has 0 fully saturated rings. The van der Waals surface area contributed by atoms with E-state index in [1.807, 2.05) is 36.5 Å². The number of benzene rings is 1. The highest BCUT2D eigenvalue weighted by Crippen LogP contribution is 2.31. The number of aryl methyl sites for hydroxylation is 1. The average molecular weight is 442 g/mol. The molecule has 0 aliphatic heterocycles. The lowest BCUT2D eigenvalue weighted by Gasteiger charge is -2.32. The van der Waals surface area contributed by atoms with E-state index in [0.717, 1.165) is 23.5 Å². The van der Waals surface area contributed by atoms with Crippen molar-refractivity contribution in [3.8, 4) is 5.75 Å². The molecule has 0 saturated heterocycles. The predicted octanol–water partition coefficient (Wildman–Crippen LogP) is 7.81. The molecule has 1 heterocycles. The smallest absolute Gasteiger partial charge is 0.134 e. The molecular formula is C27H36ClNO2. The van der Waals surface area contributed by atoms with E-state index in [4.69, 9.17) is 21.1 Å². The average Bonchev–Trinajstić information content (AvgIpc) is 2.75. The Morgan fingerprint density at radius 1 is 1.10 bits per heavy atom. The Kier molecular flexibility index (Phi) is 10.8. The Morgan fingerprint density at radius 2 is 1.87 bits per heavy atom. The molecule has 1 aromatic heterocycles. The number of pyridine rings is 1. The van der Waals surface area contributed by atoms with Gasteiger partial charge in [0.05, 0.1) is 6.61 Å². The van der Waals surface area contributed by atoms with Gasteiger partial charge in [0.15, 0.2) is 0 Å². The van der Waals surface area contributed by atoms with Crippen LogP contribution < -0.4 is 4.74 Å². The second-order valence-corrected chi connectivity index (χ2v) is 9.08. The summed E-state index contributed by atoms with van der Waals surface area (Å²) >= 11 is 5.69. The van der Waals surface area contributed by atoms with Crippen LogP contribution >= 0.6 is 11.6 Å². The van der Waals surface area contributed by atoms with Crippen LogP contribution in [0.25, 0.3) is 6.08 Å². The van der Waals surface area contributed by atoms with Crippen molar-refractivity contribution in [2.75, 3.05) is 6.61 Å². The number of rotatable bonds is 12. The number of unbranched alkanes of at least 4 members (excludes halogenated alkanes) is 3. The van der Waals surface area contributed by atoms with E-state index in [-0.39, 0.29) is 11.5 Å². The summed E-state index contributed by atoms with van der Waals surface area (Å²) in [4.78, 5) is 4.23. The lowest BCUT2D eigenvalue weighted by atomic mass is 9.87. The van der Waals surface area contributed by atoms with Gasteiger partial charge in [0.25, 0.3) is 0 Å². The molecule has 1 atom stereocenters. The fourth-order valence-corrected chi connectivity index (χ4v) is 3.42. The standard InChI is InChI=1S/C27H36ClNO2/c1-5-6-7-8-11-22-13-15-24(16-14-22)31-25(20-23-12-9-18-29-21-23)26(27(2,3)4)30-19-10-17-28/h9-10,12-18,20-21,26H,5-8,11,19H2,1-4H3/b17-10+,25-20+. The molecule has 168 valence electrons. The fourth-order valence-electron chi connectivity index (χ4n) is 3.35. The van der Waals surface area contributed by atoms with Crippen LogP contribution in [0, 0.1) is 5.41 Å². The molecule has 4 heteroatoms. The first-order valence-electron chi connectivity index (χ1n) is 11.2. The van der Waals surface area contributed by atoms with Crippen LogP contribution in [0.15, 0.2) is 66.2 Å². The Bertz CT molecular complexity index is 807. The van der Waals surface area contributed by atoms with Gasteiger partial charge in [-0.3, -0.25) is 4.98 Å². The quantitative estimate of drug-likeness (QED) is 0.248. The van der Waals surface area contributed by atoms with E-state index in [9.17, 15) is 0 Å². The molecule has 1 unspecified atom stereocenters. The minimum absolute atomic E-state index is 0.173. The van der Waals surface area contributed by atoms with Gasteiger partial charge in [-0.15, -0.1) is 0 Å². The molecular weight excluding hydrogens is 406 g/mol. The normalized spacial score (nSPS) is 13.5. The van der Waals surface area contributed by atoms with E-state index in [0.29, 0.717) is 6.61 Å². The van der Waals surface area contributed by atoms with Gasteiger partial charge in [0, 0.05) is 17.9 Å². The highest BCUT2D eigenvalue weighted by Gasteiger charge is 2.31. The maximum absolute atomic E-state index is 6.39. The van der Waals surface area contributed by atoms with Gasteiger partial charge in [-0.1, -0.05) is 76.8 Å². The largest absolute Gasteiger partial charge is 0.459 e. The SMILES string of the molecule is CCCCCCc1ccc(O/C(=C/c2cccnc2)C(OC/C=C/Cl)C(C)(C)C)cc1. The minimum Gasteiger partial charge on any atom is -0.459 e. The first kappa shape index (κ1) is 25.2. The third kappa shape index (κ3) is 9.28. The van der Waals surface area contributed by atoms with Crippen LogP contribution in [-0.4, -0.2) is 17.7 Å². The third-order valence-corrected chi connectivity index (χ3v) is 5.14. The molecule has 3 nitrogen and oxygen atoms in total. The monoisotopic (exact) mass is 441 g/mol. The highest BCUT2D eigenvalue weighted by atomic mass is 35.5. The third-order valence-electron chi connectivity index (χ3n) is 4.96. The Balaban J connectivity index is 2.23. The van der Waals surface area contributed by atoms with E-state index in [1.165, 1.54) is 36.8 Å². The van der Waals surface area contributed by atoms with E-state index in [2.05, 4.69) is 44.8 Å². The molecule has 0 bridgehead atoms. The van der Waals surface area contributed by atoms with Gasteiger partial charge in [0.2, 0.25) is 0 Å². The van der Waals surface area contributed by atoms with E-state index < -0.39 is 0 Å². The number of aromatic nitrogens is 1. The molecule has 0 radical (unpaired) electrons. The van der Waals surface area contributed by atoms with Crippen LogP contribution in [0.3, 0.4) is 0 Å². The lowest BCUT2D eigenvalue weighted by molar-refractivity contribution is 0.00170. The van der Waals surface area contributed by atoms with Crippen LogP contribution in [0.4, 0.5) is 0 Å². The summed E-state index contributed by atoms with van der Waals surface area (Å²) in [5.74, 6) is 1.55. The number of halogens is 1. The second kappa shape index (κ2) is 13.3. The summed E-state index contributed by atoms with van der Waals surface area (Å²) in [6.45, 7) is 9.07. The molecule has 2 rings (SSSR count). The molecule has 2 aromatic rings. The fraction of sp³-hybridized carbons (Fsp3) is 0.444. The van der Waals surface area contributed by atoms with Crippen LogP contribution in [0.5, 0.6) is 5.75 Å². The second-order valence-electron chi connectivity index (χ2n) is 8.83. The Hall–Kier alpha value is -2.10. The first-order chi connectivity index (χ1) is 14.9. The zero-order valence-electron chi connectivity index (χ0n) is 19.3. The molecule has 31 heavy (non-hydrogen) atoms. The summed E-state index contributed by atoms with van der Waals surface area (Å²) < 4.78 is 12.6. The Morgan fingerprint density at radius 3 is 2.48 bits per heavy atom. The van der Waals surface area contributed by atoms with Crippen LogP contribution in [0.1, 0.15) is 64.5 Å². The molecule has 0 N–H and O–H groups in total. The molecule has 0 saturated carbocycles. The van der Waals surface area contributed by atoms with E-state index in [1.54, 1.807) is 12.3 Å². The van der Waals surface area contributed by atoms with Crippen molar-refractivity contribution in [2.45, 2.75) is 65.9 Å². The van der Waals surface area contributed by atoms with Crippen molar-refractivity contribution < 1.29 is 9.47 Å². The van der Waals surface area contributed by atoms with Crippen molar-refractivity contribution in [3.63, 3.8) is 0 Å². The first-order valence-corrected chi connectivity index (χ1v) is 11.6. The number of hydrogen-bond donors (Lipinski definition) is 0. The predicted molar refractivity (Wildman–Crippen MR) is 131 cm³/mol. The lowest BCUT2D eigenvalue weighted by Crippen LogP contribution is -2.33. The molecule has 1 aromatic carbocycles. The summed E-state index contributed by atoms with van der Waals surface area (Å²) in [5, 5.41) is 0. The highest BCUT2D eigenvalue weighted by molar-refractivity contribution is 6.25. The topological polar surface area (TPSA) is 31.4 Å². The summed E-state index contributed by atoms with van der Waals surface area (Å²) in [5.41, 5.74) is 3.62. The van der Waals surface area contributed by atoms with Gasteiger partial charge in [-0.05, 0) is 59.7 Å². The van der Waals surface area contributed by atoms with Gasteiger partial charge in [-0.2, -0.15) is 0 Å². The summed E-state index contributed by atoms with van der Waals surface area (Å²) in [6, 6.07) is 12.3. The zero-order chi connectivity index (χ0) is 22.5. The number of nitrogens with zero attached hydrogens (tertiary/aromatic N) is 1. The van der Waals surface area contributed by atoms with Crippen molar-refractivity contribution in [3.05, 3.63) is 77.3 Å². The van der Waals surface area contributed by atoms with E-state index >= 15 is 0 Å².